The highest BCUT2D eigenvalue weighted by atomic mass is 32.1. The molecule has 3 rings (SSSR count). The summed E-state index contributed by atoms with van der Waals surface area (Å²) in [5.41, 5.74) is 1.53. The van der Waals surface area contributed by atoms with E-state index in [-0.39, 0.29) is 17.6 Å². The minimum atomic E-state index is -0.205. The number of carbonyl (C=O) groups is 1. The molecule has 0 radical (unpaired) electrons. The average molecular weight is 319 g/mol. The SMILES string of the molecule is Cc1csc(NC(=O)C2CCN(c3ccccc3F)CC2)n1. The Morgan fingerprint density at radius 2 is 2.09 bits per heavy atom. The van der Waals surface area contributed by atoms with Crippen molar-refractivity contribution in [1.29, 1.82) is 0 Å². The fourth-order valence-corrected chi connectivity index (χ4v) is 3.40. The molecule has 0 unspecified atom stereocenters. The average Bonchev–Trinajstić information content (AvgIpc) is 2.93. The van der Waals surface area contributed by atoms with Crippen LogP contribution in [0.1, 0.15) is 18.5 Å². The van der Waals surface area contributed by atoms with Gasteiger partial charge in [0, 0.05) is 24.4 Å². The van der Waals surface area contributed by atoms with Crippen molar-refractivity contribution in [2.45, 2.75) is 19.8 Å². The van der Waals surface area contributed by atoms with Crippen LogP contribution in [0.5, 0.6) is 0 Å². The summed E-state index contributed by atoms with van der Waals surface area (Å²) < 4.78 is 13.8. The van der Waals surface area contributed by atoms with Crippen molar-refractivity contribution < 1.29 is 9.18 Å². The number of hydrogen-bond donors (Lipinski definition) is 1. The lowest BCUT2D eigenvalue weighted by Crippen LogP contribution is -2.38. The van der Waals surface area contributed by atoms with Crippen LogP contribution in [0, 0.1) is 18.7 Å². The summed E-state index contributed by atoms with van der Waals surface area (Å²) in [6.07, 6.45) is 1.45. The van der Waals surface area contributed by atoms with Gasteiger partial charge < -0.3 is 10.2 Å². The Kier molecular flexibility index (Phi) is 4.38. The summed E-state index contributed by atoms with van der Waals surface area (Å²) >= 11 is 1.44. The molecule has 22 heavy (non-hydrogen) atoms. The first-order valence-electron chi connectivity index (χ1n) is 7.36. The molecule has 1 aromatic carbocycles. The van der Waals surface area contributed by atoms with Gasteiger partial charge >= 0.3 is 0 Å². The largest absolute Gasteiger partial charge is 0.369 e. The van der Waals surface area contributed by atoms with Crippen LogP contribution in [-0.4, -0.2) is 24.0 Å². The fraction of sp³-hybridized carbons (Fsp3) is 0.375. The number of amides is 1. The van der Waals surface area contributed by atoms with Crippen LogP contribution in [0.3, 0.4) is 0 Å². The number of thiazole rings is 1. The van der Waals surface area contributed by atoms with Gasteiger partial charge in [-0.3, -0.25) is 4.79 Å². The number of hydrogen-bond acceptors (Lipinski definition) is 4. The minimum Gasteiger partial charge on any atom is -0.369 e. The van der Waals surface area contributed by atoms with Gasteiger partial charge in [0.15, 0.2) is 5.13 Å². The van der Waals surface area contributed by atoms with Crippen LogP contribution in [-0.2, 0) is 4.79 Å². The van der Waals surface area contributed by atoms with Crippen molar-refractivity contribution in [3.8, 4) is 0 Å². The van der Waals surface area contributed by atoms with Crippen molar-refractivity contribution in [2.24, 2.45) is 5.92 Å². The Morgan fingerprint density at radius 3 is 2.73 bits per heavy atom. The summed E-state index contributed by atoms with van der Waals surface area (Å²) in [6.45, 7) is 3.28. The molecule has 2 aromatic rings. The van der Waals surface area contributed by atoms with E-state index in [4.69, 9.17) is 0 Å². The molecule has 0 atom stereocenters. The summed E-state index contributed by atoms with van der Waals surface area (Å²) in [4.78, 5) is 18.5. The van der Waals surface area contributed by atoms with Crippen molar-refractivity contribution >= 4 is 28.1 Å². The molecule has 1 aliphatic rings. The second-order valence-electron chi connectivity index (χ2n) is 5.50. The number of rotatable bonds is 3. The van der Waals surface area contributed by atoms with Gasteiger partial charge in [-0.15, -0.1) is 11.3 Å². The monoisotopic (exact) mass is 319 g/mol. The number of aromatic nitrogens is 1. The van der Waals surface area contributed by atoms with Crippen molar-refractivity contribution in [3.05, 3.63) is 41.2 Å². The summed E-state index contributed by atoms with van der Waals surface area (Å²) in [5, 5.41) is 5.44. The van der Waals surface area contributed by atoms with Crippen LogP contribution in [0.4, 0.5) is 15.2 Å². The van der Waals surface area contributed by atoms with Crippen LogP contribution in [0.2, 0.25) is 0 Å². The molecule has 1 saturated heterocycles. The number of piperidine rings is 1. The lowest BCUT2D eigenvalue weighted by molar-refractivity contribution is -0.120. The van der Waals surface area contributed by atoms with Gasteiger partial charge in [0.05, 0.1) is 11.4 Å². The number of anilines is 2. The Bertz CT molecular complexity index is 665. The molecule has 1 fully saturated rings. The Balaban J connectivity index is 1.57. The first kappa shape index (κ1) is 15.0. The normalized spacial score (nSPS) is 15.8. The number of nitrogens with one attached hydrogen (secondary N) is 1. The van der Waals surface area contributed by atoms with Crippen LogP contribution in [0.25, 0.3) is 0 Å². The van der Waals surface area contributed by atoms with Crippen LogP contribution in [0.15, 0.2) is 29.6 Å². The number of aryl methyl sites for hydroxylation is 1. The third-order valence-electron chi connectivity index (χ3n) is 3.91. The van der Waals surface area contributed by atoms with Crippen molar-refractivity contribution in [3.63, 3.8) is 0 Å². The maximum atomic E-state index is 13.8. The van der Waals surface area contributed by atoms with Gasteiger partial charge in [0.2, 0.25) is 5.91 Å². The number of nitrogens with zero attached hydrogens (tertiary/aromatic N) is 2. The first-order valence-corrected chi connectivity index (χ1v) is 8.24. The summed E-state index contributed by atoms with van der Waals surface area (Å²) in [7, 11) is 0. The molecule has 0 saturated carbocycles. The fourth-order valence-electron chi connectivity index (χ4n) is 2.71. The molecular formula is C16H18FN3OS. The number of carbonyl (C=O) groups excluding carboxylic acids is 1. The minimum absolute atomic E-state index is 0.0162. The Morgan fingerprint density at radius 1 is 1.36 bits per heavy atom. The van der Waals surface area contributed by atoms with E-state index in [2.05, 4.69) is 10.3 Å². The first-order chi connectivity index (χ1) is 10.6. The molecule has 4 nitrogen and oxygen atoms in total. The number of halogens is 1. The highest BCUT2D eigenvalue weighted by Gasteiger charge is 2.26. The van der Waals surface area contributed by atoms with E-state index in [1.165, 1.54) is 17.4 Å². The van der Waals surface area contributed by atoms with E-state index < -0.39 is 0 Å². The quantitative estimate of drug-likeness (QED) is 0.942. The predicted molar refractivity (Wildman–Crippen MR) is 86.8 cm³/mol. The zero-order valence-corrected chi connectivity index (χ0v) is 13.2. The number of para-hydroxylation sites is 1. The van der Waals surface area contributed by atoms with E-state index in [1.807, 2.05) is 23.3 Å². The second-order valence-corrected chi connectivity index (χ2v) is 6.35. The number of benzene rings is 1. The van der Waals surface area contributed by atoms with E-state index in [1.54, 1.807) is 12.1 Å². The standard InChI is InChI=1S/C16H18FN3OS/c1-11-10-22-16(18-11)19-15(21)12-6-8-20(9-7-12)14-5-3-2-4-13(14)17/h2-5,10,12H,6-9H2,1H3,(H,18,19,21). The topological polar surface area (TPSA) is 45.2 Å². The van der Waals surface area contributed by atoms with E-state index in [9.17, 15) is 9.18 Å². The van der Waals surface area contributed by atoms with E-state index in [0.29, 0.717) is 23.9 Å². The highest BCUT2D eigenvalue weighted by Crippen LogP contribution is 2.26. The van der Waals surface area contributed by atoms with Gasteiger partial charge in [-0.25, -0.2) is 9.37 Å². The van der Waals surface area contributed by atoms with Gasteiger partial charge in [-0.05, 0) is 31.9 Å². The molecule has 0 aliphatic carbocycles. The molecule has 116 valence electrons. The lowest BCUT2D eigenvalue weighted by Gasteiger charge is -2.33. The van der Waals surface area contributed by atoms with Crippen molar-refractivity contribution in [1.82, 2.24) is 4.98 Å². The molecule has 1 aliphatic heterocycles. The zero-order valence-electron chi connectivity index (χ0n) is 12.4. The zero-order chi connectivity index (χ0) is 15.5. The lowest BCUT2D eigenvalue weighted by atomic mass is 9.95. The molecule has 2 heterocycles. The van der Waals surface area contributed by atoms with Crippen LogP contribution < -0.4 is 10.2 Å². The summed E-state index contributed by atoms with van der Waals surface area (Å²) in [5.74, 6) is -0.224. The van der Waals surface area contributed by atoms with Crippen LogP contribution >= 0.6 is 11.3 Å². The van der Waals surface area contributed by atoms with E-state index in [0.717, 1.165) is 18.5 Å². The second kappa shape index (κ2) is 6.44. The molecule has 0 bridgehead atoms. The van der Waals surface area contributed by atoms with Gasteiger partial charge in [0.25, 0.3) is 0 Å². The molecule has 1 aromatic heterocycles. The molecule has 1 amide bonds. The maximum Gasteiger partial charge on any atom is 0.229 e. The van der Waals surface area contributed by atoms with E-state index >= 15 is 0 Å². The maximum absolute atomic E-state index is 13.8. The Hall–Kier alpha value is -1.95. The third-order valence-corrected chi connectivity index (χ3v) is 4.78. The predicted octanol–water partition coefficient (Wildman–Crippen LogP) is 3.45. The van der Waals surface area contributed by atoms with Crippen molar-refractivity contribution in [2.75, 3.05) is 23.3 Å². The third kappa shape index (κ3) is 3.27. The summed E-state index contributed by atoms with van der Waals surface area (Å²) in [6, 6.07) is 6.78. The Labute approximate surface area is 133 Å². The van der Waals surface area contributed by atoms with Gasteiger partial charge in [-0.2, -0.15) is 0 Å². The van der Waals surface area contributed by atoms with Gasteiger partial charge in [-0.1, -0.05) is 12.1 Å². The van der Waals surface area contributed by atoms with Gasteiger partial charge in [0.1, 0.15) is 5.82 Å². The highest BCUT2D eigenvalue weighted by molar-refractivity contribution is 7.13. The smallest absolute Gasteiger partial charge is 0.229 e. The molecule has 6 heteroatoms. The molecular weight excluding hydrogens is 301 g/mol. The molecule has 0 spiro atoms. The molecule has 1 N–H and O–H groups in total.